The van der Waals surface area contributed by atoms with Crippen molar-refractivity contribution in [3.8, 4) is 11.1 Å². The van der Waals surface area contributed by atoms with Gasteiger partial charge in [0.15, 0.2) is 11.6 Å². The van der Waals surface area contributed by atoms with Crippen LogP contribution in [0.1, 0.15) is 49.2 Å². The van der Waals surface area contributed by atoms with Crippen molar-refractivity contribution in [3.63, 3.8) is 0 Å². The van der Waals surface area contributed by atoms with Gasteiger partial charge in [-0.2, -0.15) is 0 Å². The van der Waals surface area contributed by atoms with Gasteiger partial charge in [0.05, 0.1) is 5.41 Å². The summed E-state index contributed by atoms with van der Waals surface area (Å²) < 4.78 is 6.69. The number of carbonyl (C=O) groups is 3. The first-order valence-corrected chi connectivity index (χ1v) is 11.6. The van der Waals surface area contributed by atoms with Crippen LogP contribution in [-0.4, -0.2) is 17.5 Å². The molecular formula is C28H25BrO4. The highest BCUT2D eigenvalue weighted by molar-refractivity contribution is 9.10. The zero-order valence-corrected chi connectivity index (χ0v) is 20.4. The van der Waals surface area contributed by atoms with Crippen LogP contribution in [0.25, 0.3) is 11.1 Å². The highest BCUT2D eigenvalue weighted by Crippen LogP contribution is 2.49. The van der Waals surface area contributed by atoms with Crippen LogP contribution in [0.3, 0.4) is 0 Å². The molecule has 0 aliphatic carbocycles. The first-order valence-electron chi connectivity index (χ1n) is 10.8. The van der Waals surface area contributed by atoms with Crippen LogP contribution in [0.15, 0.2) is 83.3 Å². The van der Waals surface area contributed by atoms with Crippen LogP contribution in [0, 0.1) is 10.8 Å². The van der Waals surface area contributed by atoms with Crippen molar-refractivity contribution in [1.29, 1.82) is 0 Å². The molecule has 4 nitrogen and oxygen atoms in total. The Morgan fingerprint density at radius 1 is 0.848 bits per heavy atom. The lowest BCUT2D eigenvalue weighted by atomic mass is 9.64. The average molecular weight is 505 g/mol. The van der Waals surface area contributed by atoms with Gasteiger partial charge in [0.1, 0.15) is 11.5 Å². The molecule has 33 heavy (non-hydrogen) atoms. The minimum Gasteiger partial charge on any atom is -0.456 e. The van der Waals surface area contributed by atoms with Crippen LogP contribution in [0.5, 0.6) is 0 Å². The molecule has 3 aromatic carbocycles. The molecule has 0 unspecified atom stereocenters. The fourth-order valence-electron chi connectivity index (χ4n) is 4.48. The Labute approximate surface area is 202 Å². The van der Waals surface area contributed by atoms with Crippen molar-refractivity contribution in [2.24, 2.45) is 10.8 Å². The molecule has 0 aromatic heterocycles. The van der Waals surface area contributed by atoms with E-state index in [9.17, 15) is 14.4 Å². The molecule has 1 aliphatic heterocycles. The van der Waals surface area contributed by atoms with Gasteiger partial charge in [-0.05, 0) is 49.6 Å². The van der Waals surface area contributed by atoms with E-state index in [1.54, 1.807) is 26.0 Å². The van der Waals surface area contributed by atoms with E-state index in [0.29, 0.717) is 5.56 Å². The molecule has 0 bridgehead atoms. The molecule has 0 N–H and O–H groups in total. The van der Waals surface area contributed by atoms with Crippen molar-refractivity contribution in [2.45, 2.75) is 33.3 Å². The number of benzene rings is 3. The Bertz CT molecular complexity index is 1200. The molecule has 5 heteroatoms. The van der Waals surface area contributed by atoms with Gasteiger partial charge < -0.3 is 4.74 Å². The standard InChI is InChI=1S/C28H25BrO4/c1-27(2)24(21-13-15-22(29)16-14-21)33-26(32)28(3,25(27)31)17-23(30)20-11-9-19(10-12-20)18-7-5-4-6-8-18/h4-16,24H,17H2,1-3H3/t24-,28-/m1/s1. The lowest BCUT2D eigenvalue weighted by Crippen LogP contribution is -2.54. The Hall–Kier alpha value is -3.05. The number of rotatable bonds is 5. The van der Waals surface area contributed by atoms with Gasteiger partial charge in [-0.3, -0.25) is 14.4 Å². The summed E-state index contributed by atoms with van der Waals surface area (Å²) in [6.07, 6.45) is -0.940. The number of hydrogen-bond donors (Lipinski definition) is 0. The summed E-state index contributed by atoms with van der Waals surface area (Å²) in [5.74, 6) is -1.21. The SMILES string of the molecule is CC1(C)C(=O)[C@@](C)(CC(=O)c2ccc(-c3ccccc3)cc2)C(=O)O[C@@H]1c1ccc(Br)cc1. The van der Waals surface area contributed by atoms with Gasteiger partial charge in [0.2, 0.25) is 0 Å². The maximum absolute atomic E-state index is 13.6. The van der Waals surface area contributed by atoms with Gasteiger partial charge in [0.25, 0.3) is 0 Å². The zero-order chi connectivity index (χ0) is 23.8. The molecule has 1 heterocycles. The van der Waals surface area contributed by atoms with Crippen LogP contribution in [0.4, 0.5) is 0 Å². The van der Waals surface area contributed by atoms with Crippen LogP contribution >= 0.6 is 15.9 Å². The molecule has 1 fully saturated rings. The molecule has 0 saturated carbocycles. The van der Waals surface area contributed by atoms with E-state index in [2.05, 4.69) is 15.9 Å². The second-order valence-corrected chi connectivity index (χ2v) is 10.2. The maximum Gasteiger partial charge on any atom is 0.320 e. The largest absolute Gasteiger partial charge is 0.456 e. The number of Topliss-reactive ketones (excluding diaryl/α,β-unsaturated/α-hetero) is 2. The average Bonchev–Trinajstić information content (AvgIpc) is 2.82. The smallest absolute Gasteiger partial charge is 0.320 e. The van der Waals surface area contributed by atoms with Gasteiger partial charge >= 0.3 is 5.97 Å². The van der Waals surface area contributed by atoms with Gasteiger partial charge in [-0.15, -0.1) is 0 Å². The van der Waals surface area contributed by atoms with Crippen molar-refractivity contribution in [1.82, 2.24) is 0 Å². The molecule has 3 aromatic rings. The summed E-state index contributed by atoms with van der Waals surface area (Å²) in [5, 5.41) is 0. The van der Waals surface area contributed by atoms with E-state index in [1.165, 1.54) is 6.92 Å². The van der Waals surface area contributed by atoms with Gasteiger partial charge in [-0.25, -0.2) is 0 Å². The molecule has 2 atom stereocenters. The number of halogens is 1. The van der Waals surface area contributed by atoms with E-state index in [1.807, 2.05) is 66.7 Å². The topological polar surface area (TPSA) is 60.4 Å². The predicted molar refractivity (Wildman–Crippen MR) is 131 cm³/mol. The number of esters is 1. The van der Waals surface area contributed by atoms with E-state index in [4.69, 9.17) is 4.74 Å². The first kappa shape index (κ1) is 23.1. The Kier molecular flexibility index (Phi) is 6.10. The van der Waals surface area contributed by atoms with E-state index in [-0.39, 0.29) is 18.0 Å². The van der Waals surface area contributed by atoms with Crippen molar-refractivity contribution >= 4 is 33.5 Å². The molecule has 1 aliphatic rings. The Morgan fingerprint density at radius 3 is 2.03 bits per heavy atom. The third-order valence-electron chi connectivity index (χ3n) is 6.42. The normalized spacial score (nSPS) is 22.0. The summed E-state index contributed by atoms with van der Waals surface area (Å²) in [6, 6.07) is 24.4. The number of ketones is 2. The second-order valence-electron chi connectivity index (χ2n) is 9.26. The third-order valence-corrected chi connectivity index (χ3v) is 6.95. The van der Waals surface area contributed by atoms with Crippen LogP contribution in [-0.2, 0) is 14.3 Å². The Balaban J connectivity index is 1.56. The predicted octanol–water partition coefficient (Wildman–Crippen LogP) is 6.59. The molecule has 0 amide bonds. The molecule has 4 rings (SSSR count). The van der Waals surface area contributed by atoms with Crippen LogP contribution in [0.2, 0.25) is 0 Å². The summed E-state index contributed by atoms with van der Waals surface area (Å²) in [5.41, 5.74) is 0.734. The number of cyclic esters (lactones) is 1. The second kappa shape index (κ2) is 8.71. The quantitative estimate of drug-likeness (QED) is 0.223. The molecular weight excluding hydrogens is 480 g/mol. The summed E-state index contributed by atoms with van der Waals surface area (Å²) in [7, 11) is 0. The molecule has 168 valence electrons. The fourth-order valence-corrected chi connectivity index (χ4v) is 4.75. The van der Waals surface area contributed by atoms with E-state index < -0.39 is 22.9 Å². The lowest BCUT2D eigenvalue weighted by molar-refractivity contribution is -0.187. The third kappa shape index (κ3) is 4.30. The monoisotopic (exact) mass is 504 g/mol. The molecule has 0 spiro atoms. The highest BCUT2D eigenvalue weighted by Gasteiger charge is 2.58. The fraction of sp³-hybridized carbons (Fsp3) is 0.250. The molecule has 1 saturated heterocycles. The van der Waals surface area contributed by atoms with Gasteiger partial charge in [-0.1, -0.05) is 82.7 Å². The minimum absolute atomic E-state index is 0.230. The van der Waals surface area contributed by atoms with Crippen molar-refractivity contribution in [3.05, 3.63) is 94.5 Å². The first-order chi connectivity index (χ1) is 15.6. The number of ether oxygens (including phenoxy) is 1. The van der Waals surface area contributed by atoms with E-state index >= 15 is 0 Å². The number of hydrogen-bond acceptors (Lipinski definition) is 4. The summed E-state index contributed by atoms with van der Waals surface area (Å²) in [6.45, 7) is 5.06. The zero-order valence-electron chi connectivity index (χ0n) is 18.8. The lowest BCUT2D eigenvalue weighted by Gasteiger charge is -2.44. The summed E-state index contributed by atoms with van der Waals surface area (Å²) >= 11 is 3.39. The minimum atomic E-state index is -1.54. The van der Waals surface area contributed by atoms with Crippen molar-refractivity contribution in [2.75, 3.05) is 0 Å². The van der Waals surface area contributed by atoms with Crippen molar-refractivity contribution < 1.29 is 19.1 Å². The summed E-state index contributed by atoms with van der Waals surface area (Å²) in [4.78, 5) is 39.7. The van der Waals surface area contributed by atoms with E-state index in [0.717, 1.165) is 21.2 Å². The van der Waals surface area contributed by atoms with Gasteiger partial charge in [0, 0.05) is 16.5 Å². The van der Waals surface area contributed by atoms with Crippen LogP contribution < -0.4 is 0 Å². The molecule has 0 radical (unpaired) electrons. The highest BCUT2D eigenvalue weighted by atomic mass is 79.9. The number of carbonyl (C=O) groups excluding carboxylic acids is 3. The maximum atomic E-state index is 13.6. The Morgan fingerprint density at radius 2 is 1.42 bits per heavy atom.